The molecule has 0 saturated heterocycles. The number of hydrogen-bond acceptors (Lipinski definition) is 5. The van der Waals surface area contributed by atoms with Crippen LogP contribution in [0.15, 0.2) is 51.8 Å². The number of carbonyl (C=O) groups is 1. The van der Waals surface area contributed by atoms with E-state index in [0.717, 1.165) is 23.1 Å². The highest BCUT2D eigenvalue weighted by molar-refractivity contribution is 6.49. The topological polar surface area (TPSA) is 84.8 Å². The molecule has 0 spiro atoms. The average Bonchev–Trinajstić information content (AvgIpc) is 2.94. The minimum atomic E-state index is -0.269. The fraction of sp³-hybridized carbons (Fsp3) is 0.316. The van der Waals surface area contributed by atoms with Crippen molar-refractivity contribution in [2.45, 2.75) is 6.92 Å². The van der Waals surface area contributed by atoms with Crippen molar-refractivity contribution in [3.63, 3.8) is 0 Å². The zero-order valence-corrected chi connectivity index (χ0v) is 16.7. The number of hydrogen-bond donors (Lipinski definition) is 2. The zero-order chi connectivity index (χ0) is 19.8. The van der Waals surface area contributed by atoms with Crippen LogP contribution in [0.2, 0.25) is 0 Å². The Balaban J connectivity index is 2.05. The Bertz CT molecular complexity index is 993. The number of allylic oxidation sites excluding steroid dienone is 3. The molecular formula is C19H24ClN6O+. The molecule has 8 heteroatoms. The monoisotopic (exact) mass is 387 g/mol. The van der Waals surface area contributed by atoms with E-state index < -0.39 is 0 Å². The van der Waals surface area contributed by atoms with Gasteiger partial charge in [-0.05, 0) is 25.1 Å². The van der Waals surface area contributed by atoms with Gasteiger partial charge in [0.2, 0.25) is 5.78 Å². The SMILES string of the molecule is CC1=CC(=Nc2c(NCC[N+](C)(C)C)nn3ccccc23)C(N)=C(Cl)C1=O. The highest BCUT2D eigenvalue weighted by Gasteiger charge is 2.23. The standard InChI is InChI=1S/C19H23ClN6O/c1-12-11-13(16(21)15(20)18(12)27)23-17-14-7-5-6-9-25(14)24-19(17)22-8-10-26(2,3)4/h5-7,9,11H,8,10H2,1-4H3,(H2-,21,22,24,27)/p+1. The molecule has 1 aliphatic rings. The Labute approximate surface area is 163 Å². The van der Waals surface area contributed by atoms with Gasteiger partial charge in [-0.1, -0.05) is 17.7 Å². The lowest BCUT2D eigenvalue weighted by molar-refractivity contribution is -0.868. The summed E-state index contributed by atoms with van der Waals surface area (Å²) in [6, 6.07) is 5.76. The molecule has 0 aliphatic heterocycles. The summed E-state index contributed by atoms with van der Waals surface area (Å²) >= 11 is 6.08. The molecule has 1 aliphatic carbocycles. The first kappa shape index (κ1) is 19.1. The summed E-state index contributed by atoms with van der Waals surface area (Å²) in [5.74, 6) is 0.392. The number of nitrogens with one attached hydrogen (secondary N) is 1. The number of Topliss-reactive ketones (excluding diaryl/α,β-unsaturated/α-hetero) is 1. The number of rotatable bonds is 5. The lowest BCUT2D eigenvalue weighted by atomic mass is 10.0. The van der Waals surface area contributed by atoms with Gasteiger partial charge in [0.25, 0.3) is 0 Å². The lowest BCUT2D eigenvalue weighted by Gasteiger charge is -2.23. The molecule has 0 saturated carbocycles. The van der Waals surface area contributed by atoms with Crippen LogP contribution in [0.5, 0.6) is 0 Å². The number of anilines is 1. The Kier molecular flexibility index (Phi) is 5.08. The van der Waals surface area contributed by atoms with Crippen LogP contribution in [-0.4, -0.2) is 59.8 Å². The van der Waals surface area contributed by atoms with Crippen molar-refractivity contribution in [1.82, 2.24) is 9.61 Å². The summed E-state index contributed by atoms with van der Waals surface area (Å²) < 4.78 is 2.60. The first-order valence-corrected chi connectivity index (χ1v) is 9.04. The number of likely N-dealkylation sites (N-methyl/N-ethyl adjacent to an activating group) is 1. The van der Waals surface area contributed by atoms with Crippen LogP contribution >= 0.6 is 11.6 Å². The third-order valence-corrected chi connectivity index (χ3v) is 4.62. The molecule has 2 aromatic rings. The molecular weight excluding hydrogens is 364 g/mol. The van der Waals surface area contributed by atoms with Crippen molar-refractivity contribution >= 4 is 40.1 Å². The average molecular weight is 388 g/mol. The molecule has 3 rings (SSSR count). The van der Waals surface area contributed by atoms with Crippen LogP contribution in [0.1, 0.15) is 6.92 Å². The number of nitrogens with zero attached hydrogens (tertiary/aromatic N) is 4. The van der Waals surface area contributed by atoms with Gasteiger partial charge in [0, 0.05) is 11.8 Å². The summed E-state index contributed by atoms with van der Waals surface area (Å²) in [5, 5.41) is 7.96. The molecule has 0 radical (unpaired) electrons. The van der Waals surface area contributed by atoms with Gasteiger partial charge in [-0.15, -0.1) is 5.10 Å². The summed E-state index contributed by atoms with van der Waals surface area (Å²) in [6.07, 6.45) is 3.52. The van der Waals surface area contributed by atoms with E-state index in [9.17, 15) is 4.79 Å². The van der Waals surface area contributed by atoms with Crippen LogP contribution in [0.25, 0.3) is 5.52 Å². The van der Waals surface area contributed by atoms with E-state index in [0.29, 0.717) is 22.8 Å². The minimum Gasteiger partial charge on any atom is -0.396 e. The number of nitrogens with two attached hydrogens (primary N) is 1. The van der Waals surface area contributed by atoms with Crippen molar-refractivity contribution in [3.05, 3.63) is 46.8 Å². The van der Waals surface area contributed by atoms with Gasteiger partial charge < -0.3 is 15.5 Å². The number of halogens is 1. The normalized spacial score (nSPS) is 17.0. The van der Waals surface area contributed by atoms with Crippen molar-refractivity contribution in [3.8, 4) is 0 Å². The summed E-state index contributed by atoms with van der Waals surface area (Å²) in [6.45, 7) is 3.36. The number of aliphatic imine (C=N–C) groups is 1. The molecule has 142 valence electrons. The molecule has 0 atom stereocenters. The Morgan fingerprint density at radius 3 is 2.78 bits per heavy atom. The zero-order valence-electron chi connectivity index (χ0n) is 16.0. The first-order chi connectivity index (χ1) is 12.7. The molecule has 2 heterocycles. The number of aromatic nitrogens is 2. The second kappa shape index (κ2) is 7.17. The predicted molar refractivity (Wildman–Crippen MR) is 110 cm³/mol. The van der Waals surface area contributed by atoms with Gasteiger partial charge in [0.15, 0.2) is 5.82 Å². The van der Waals surface area contributed by atoms with Crippen molar-refractivity contribution < 1.29 is 9.28 Å². The van der Waals surface area contributed by atoms with E-state index in [1.54, 1.807) is 17.5 Å². The highest BCUT2D eigenvalue weighted by atomic mass is 35.5. The van der Waals surface area contributed by atoms with Crippen LogP contribution in [-0.2, 0) is 4.79 Å². The number of carbonyl (C=O) groups excluding carboxylic acids is 1. The molecule has 0 amide bonds. The van der Waals surface area contributed by atoms with E-state index in [1.165, 1.54) is 0 Å². The van der Waals surface area contributed by atoms with Crippen molar-refractivity contribution in [2.75, 3.05) is 39.5 Å². The van der Waals surface area contributed by atoms with Gasteiger partial charge in [-0.3, -0.25) is 4.79 Å². The highest BCUT2D eigenvalue weighted by Crippen LogP contribution is 2.31. The van der Waals surface area contributed by atoms with E-state index >= 15 is 0 Å². The summed E-state index contributed by atoms with van der Waals surface area (Å²) in [7, 11) is 6.39. The van der Waals surface area contributed by atoms with E-state index in [2.05, 4.69) is 31.6 Å². The van der Waals surface area contributed by atoms with Gasteiger partial charge >= 0.3 is 0 Å². The van der Waals surface area contributed by atoms with E-state index in [1.807, 2.05) is 24.4 Å². The Morgan fingerprint density at radius 1 is 1.33 bits per heavy atom. The van der Waals surface area contributed by atoms with Crippen LogP contribution < -0.4 is 11.1 Å². The maximum atomic E-state index is 12.0. The van der Waals surface area contributed by atoms with Gasteiger partial charge in [-0.25, -0.2) is 9.51 Å². The molecule has 2 aromatic heterocycles. The smallest absolute Gasteiger partial charge is 0.202 e. The molecule has 0 aromatic carbocycles. The molecule has 3 N–H and O–H groups in total. The molecule has 7 nitrogen and oxygen atoms in total. The second-order valence-electron chi connectivity index (χ2n) is 7.55. The van der Waals surface area contributed by atoms with Crippen LogP contribution in [0.3, 0.4) is 0 Å². The number of quaternary nitrogens is 1. The first-order valence-electron chi connectivity index (χ1n) is 8.66. The summed E-state index contributed by atoms with van der Waals surface area (Å²) in [4.78, 5) is 16.7. The van der Waals surface area contributed by atoms with Crippen LogP contribution in [0.4, 0.5) is 11.5 Å². The van der Waals surface area contributed by atoms with Crippen molar-refractivity contribution in [2.24, 2.45) is 10.7 Å². The van der Waals surface area contributed by atoms with E-state index in [-0.39, 0.29) is 16.5 Å². The number of pyridine rings is 1. The van der Waals surface area contributed by atoms with E-state index in [4.69, 9.17) is 22.3 Å². The lowest BCUT2D eigenvalue weighted by Crippen LogP contribution is -2.38. The fourth-order valence-electron chi connectivity index (χ4n) is 2.69. The predicted octanol–water partition coefficient (Wildman–Crippen LogP) is 2.46. The van der Waals surface area contributed by atoms with Gasteiger partial charge in [0.1, 0.15) is 10.7 Å². The molecule has 0 bridgehead atoms. The van der Waals surface area contributed by atoms with Gasteiger partial charge in [0.05, 0.1) is 51.2 Å². The maximum absolute atomic E-state index is 12.0. The number of fused-ring (bicyclic) bond motifs is 1. The fourth-order valence-corrected chi connectivity index (χ4v) is 2.94. The molecule has 0 fully saturated rings. The van der Waals surface area contributed by atoms with Gasteiger partial charge in [-0.2, -0.15) is 0 Å². The van der Waals surface area contributed by atoms with Crippen molar-refractivity contribution in [1.29, 1.82) is 0 Å². The van der Waals surface area contributed by atoms with Crippen LogP contribution in [0, 0.1) is 0 Å². The largest absolute Gasteiger partial charge is 0.396 e. The number of ketones is 1. The minimum absolute atomic E-state index is 0.00441. The second-order valence-corrected chi connectivity index (χ2v) is 7.93. The third-order valence-electron chi connectivity index (χ3n) is 4.24. The summed E-state index contributed by atoms with van der Waals surface area (Å²) in [5.41, 5.74) is 8.69. The third kappa shape index (κ3) is 4.04. The maximum Gasteiger partial charge on any atom is 0.202 e. The molecule has 0 unspecified atom stereocenters. The Hall–Kier alpha value is -2.64. The Morgan fingerprint density at radius 2 is 2.07 bits per heavy atom. The quantitative estimate of drug-likeness (QED) is 0.609. The molecule has 27 heavy (non-hydrogen) atoms.